The molecule has 0 atom stereocenters. The van der Waals surface area contributed by atoms with Crippen molar-refractivity contribution >= 4 is 6.21 Å². The zero-order chi connectivity index (χ0) is 7.23. The van der Waals surface area contributed by atoms with Crippen LogP contribution >= 0.6 is 0 Å². The molecular formula is C7H7N3. The Hall–Kier alpha value is -1.56. The topological polar surface area (TPSA) is 48.2 Å². The molecule has 0 aromatic heterocycles. The largest absolute Gasteiger partial charge is 0.367 e. The first-order valence-electron chi connectivity index (χ1n) is 2.94. The maximum absolute atomic E-state index is 8.43. The van der Waals surface area contributed by atoms with E-state index in [1.807, 2.05) is 12.1 Å². The molecule has 10 heavy (non-hydrogen) atoms. The molecule has 0 saturated heterocycles. The second-order valence-corrected chi connectivity index (χ2v) is 1.77. The monoisotopic (exact) mass is 133 g/mol. The lowest BCUT2D eigenvalue weighted by Gasteiger charge is -1.93. The van der Waals surface area contributed by atoms with Crippen molar-refractivity contribution in [1.29, 1.82) is 5.26 Å². The maximum Gasteiger partial charge on any atom is 0.102 e. The lowest BCUT2D eigenvalue weighted by atomic mass is 10.3. The van der Waals surface area contributed by atoms with E-state index >= 15 is 0 Å². The van der Waals surface area contributed by atoms with Crippen molar-refractivity contribution in [3.8, 4) is 6.07 Å². The third-order valence-corrected chi connectivity index (χ3v) is 1.02. The van der Waals surface area contributed by atoms with E-state index in [1.54, 1.807) is 18.6 Å². The zero-order valence-corrected chi connectivity index (χ0v) is 5.41. The van der Waals surface area contributed by atoms with Gasteiger partial charge in [0.15, 0.2) is 0 Å². The van der Waals surface area contributed by atoms with Crippen LogP contribution in [-0.4, -0.2) is 12.8 Å². The molecule has 0 radical (unpaired) electrons. The average molecular weight is 133 g/mol. The second kappa shape index (κ2) is 3.46. The van der Waals surface area contributed by atoms with Crippen LogP contribution in [0, 0.1) is 11.3 Å². The quantitative estimate of drug-likeness (QED) is 0.525. The average Bonchev–Trinajstić information content (AvgIpc) is 1.87. The van der Waals surface area contributed by atoms with Crippen LogP contribution in [0.5, 0.6) is 0 Å². The highest BCUT2D eigenvalue weighted by Crippen LogP contribution is 1.88. The highest BCUT2D eigenvalue weighted by Gasteiger charge is 1.88. The smallest absolute Gasteiger partial charge is 0.102 e. The molecule has 1 aliphatic rings. The maximum atomic E-state index is 8.43. The predicted octanol–water partition coefficient (Wildman–Crippen LogP) is 0.582. The Morgan fingerprint density at radius 3 is 3.40 bits per heavy atom. The van der Waals surface area contributed by atoms with Gasteiger partial charge < -0.3 is 5.32 Å². The number of allylic oxidation sites excluding steroid dienone is 1. The number of hydrogen-bond acceptors (Lipinski definition) is 3. The van der Waals surface area contributed by atoms with Crippen LogP contribution in [0.1, 0.15) is 0 Å². The van der Waals surface area contributed by atoms with Gasteiger partial charge in [-0.2, -0.15) is 5.26 Å². The van der Waals surface area contributed by atoms with Gasteiger partial charge in [-0.05, 0) is 12.3 Å². The summed E-state index contributed by atoms with van der Waals surface area (Å²) in [4.78, 5) is 3.94. The molecule has 0 spiro atoms. The first-order valence-corrected chi connectivity index (χ1v) is 2.94. The van der Waals surface area contributed by atoms with Crippen molar-refractivity contribution in [3.63, 3.8) is 0 Å². The Morgan fingerprint density at radius 1 is 1.70 bits per heavy atom. The Morgan fingerprint density at radius 2 is 2.60 bits per heavy atom. The number of nitrogens with one attached hydrogen (secondary N) is 1. The molecule has 0 aromatic carbocycles. The van der Waals surface area contributed by atoms with E-state index in [2.05, 4.69) is 10.3 Å². The lowest BCUT2D eigenvalue weighted by Crippen LogP contribution is -1.98. The van der Waals surface area contributed by atoms with Crippen LogP contribution in [0.25, 0.3) is 0 Å². The number of hydrogen-bond donors (Lipinski definition) is 1. The summed E-state index contributed by atoms with van der Waals surface area (Å²) >= 11 is 0. The van der Waals surface area contributed by atoms with Gasteiger partial charge in [-0.25, -0.2) is 0 Å². The molecule has 0 fully saturated rings. The molecule has 1 aliphatic heterocycles. The second-order valence-electron chi connectivity index (χ2n) is 1.77. The minimum absolute atomic E-state index is 0.546. The first-order chi connectivity index (χ1) is 4.93. The normalized spacial score (nSPS) is 24.5. The number of nitrogens with zero attached hydrogens (tertiary/aromatic N) is 2. The third kappa shape index (κ3) is 1.75. The first kappa shape index (κ1) is 6.56. The Balaban J connectivity index is 2.74. The van der Waals surface area contributed by atoms with Gasteiger partial charge >= 0.3 is 0 Å². The van der Waals surface area contributed by atoms with Gasteiger partial charge in [-0.15, -0.1) is 0 Å². The number of nitriles is 1. The van der Waals surface area contributed by atoms with E-state index in [0.717, 1.165) is 0 Å². The van der Waals surface area contributed by atoms with Gasteiger partial charge in [0.2, 0.25) is 0 Å². The minimum Gasteiger partial charge on any atom is -0.367 e. The molecule has 1 N–H and O–H groups in total. The summed E-state index contributed by atoms with van der Waals surface area (Å²) in [6, 6.07) is 1.99. The van der Waals surface area contributed by atoms with Crippen molar-refractivity contribution in [2.75, 3.05) is 6.54 Å². The van der Waals surface area contributed by atoms with Crippen LogP contribution in [0.3, 0.4) is 0 Å². The molecule has 0 bridgehead atoms. The molecule has 1 rings (SSSR count). The molecule has 3 nitrogen and oxygen atoms in total. The molecule has 0 unspecified atom stereocenters. The Bertz CT molecular complexity index is 230. The number of rotatable bonds is 0. The van der Waals surface area contributed by atoms with Crippen LogP contribution < -0.4 is 5.32 Å². The fraction of sp³-hybridized carbons (Fsp3) is 0.143. The van der Waals surface area contributed by atoms with Crippen LogP contribution in [-0.2, 0) is 0 Å². The molecule has 1 heterocycles. The van der Waals surface area contributed by atoms with Gasteiger partial charge in [0, 0.05) is 12.4 Å². The molecule has 0 amide bonds. The van der Waals surface area contributed by atoms with E-state index in [1.165, 1.54) is 0 Å². The molecule has 3 heteroatoms. The fourth-order valence-corrected chi connectivity index (χ4v) is 0.569. The zero-order valence-electron chi connectivity index (χ0n) is 5.41. The standard InChI is InChI=1S/C7H7N3/c8-4-7-5-9-2-1-3-10-6-7/h1-2,5-6,9H,3H2/b2-1-,7-5-,10-6?. The van der Waals surface area contributed by atoms with Crippen molar-refractivity contribution in [2.45, 2.75) is 0 Å². The van der Waals surface area contributed by atoms with E-state index in [4.69, 9.17) is 5.26 Å². The SMILES string of the molecule is N#C/C1=C/N/C=C\CN=C1. The molecule has 50 valence electrons. The molecule has 0 saturated carbocycles. The molecular weight excluding hydrogens is 126 g/mol. The highest BCUT2D eigenvalue weighted by atomic mass is 14.8. The van der Waals surface area contributed by atoms with Gasteiger partial charge in [-0.1, -0.05) is 0 Å². The van der Waals surface area contributed by atoms with Gasteiger partial charge in [0.05, 0.1) is 12.1 Å². The summed E-state index contributed by atoms with van der Waals surface area (Å²) in [6.07, 6.45) is 6.80. The van der Waals surface area contributed by atoms with Crippen molar-refractivity contribution in [3.05, 3.63) is 24.0 Å². The van der Waals surface area contributed by atoms with E-state index in [9.17, 15) is 0 Å². The van der Waals surface area contributed by atoms with E-state index in [-0.39, 0.29) is 0 Å². The van der Waals surface area contributed by atoms with Gasteiger partial charge in [0.25, 0.3) is 0 Å². The molecule has 0 aromatic rings. The summed E-state index contributed by atoms with van der Waals surface area (Å²) < 4.78 is 0. The van der Waals surface area contributed by atoms with Crippen molar-refractivity contribution in [1.82, 2.24) is 5.32 Å². The van der Waals surface area contributed by atoms with Gasteiger partial charge in [0.1, 0.15) is 6.07 Å². The summed E-state index contributed by atoms with van der Waals surface area (Å²) in [5.41, 5.74) is 0.546. The lowest BCUT2D eigenvalue weighted by molar-refractivity contribution is 1.13. The van der Waals surface area contributed by atoms with Crippen molar-refractivity contribution < 1.29 is 0 Å². The highest BCUT2D eigenvalue weighted by molar-refractivity contribution is 5.83. The van der Waals surface area contributed by atoms with Crippen molar-refractivity contribution in [2.24, 2.45) is 4.99 Å². The fourth-order valence-electron chi connectivity index (χ4n) is 0.569. The summed E-state index contributed by atoms with van der Waals surface area (Å²) in [5.74, 6) is 0. The Labute approximate surface area is 59.4 Å². The van der Waals surface area contributed by atoms with Gasteiger partial charge in [-0.3, -0.25) is 4.99 Å². The third-order valence-electron chi connectivity index (χ3n) is 1.02. The summed E-state index contributed by atoms with van der Waals surface area (Å²) in [5, 5.41) is 11.3. The van der Waals surface area contributed by atoms with Crippen LogP contribution in [0.4, 0.5) is 0 Å². The van der Waals surface area contributed by atoms with E-state index in [0.29, 0.717) is 12.1 Å². The van der Waals surface area contributed by atoms with Crippen LogP contribution in [0.2, 0.25) is 0 Å². The Kier molecular flexibility index (Phi) is 2.27. The molecule has 0 aliphatic carbocycles. The predicted molar refractivity (Wildman–Crippen MR) is 39.3 cm³/mol. The van der Waals surface area contributed by atoms with Crippen LogP contribution in [0.15, 0.2) is 29.0 Å². The summed E-state index contributed by atoms with van der Waals surface area (Å²) in [7, 11) is 0. The number of aliphatic imine (C=N–C) groups is 1. The summed E-state index contributed by atoms with van der Waals surface area (Å²) in [6.45, 7) is 0.631. The van der Waals surface area contributed by atoms with E-state index < -0.39 is 0 Å². The minimum atomic E-state index is 0.546.